The Bertz CT molecular complexity index is 362. The molecule has 1 aliphatic heterocycles. The highest BCUT2D eigenvalue weighted by molar-refractivity contribution is 6.93. The topological polar surface area (TPSA) is 63.2 Å². The zero-order chi connectivity index (χ0) is 15.8. The van der Waals surface area contributed by atoms with Crippen LogP contribution in [-0.2, 0) is 26.0 Å². The minimum Gasteiger partial charge on any atom is -0.464 e. The first-order valence-electron chi connectivity index (χ1n) is 6.68. The fourth-order valence-corrected chi connectivity index (χ4v) is 23.5. The fraction of sp³-hybridized carbons (Fsp3) is 0.900. The van der Waals surface area contributed by atoms with Gasteiger partial charge in [0.1, 0.15) is 6.23 Å². The molecule has 20 heavy (non-hydrogen) atoms. The van der Waals surface area contributed by atoms with Crippen LogP contribution in [0.4, 0.5) is 0 Å². The third-order valence-corrected chi connectivity index (χ3v) is 18.4. The molecule has 1 rings (SSSR count). The van der Waals surface area contributed by atoms with Crippen molar-refractivity contribution in [2.24, 2.45) is 0 Å². The maximum atomic E-state index is 11.1. The van der Waals surface area contributed by atoms with E-state index in [0.717, 1.165) is 0 Å². The van der Waals surface area contributed by atoms with Gasteiger partial charge in [0, 0.05) is 6.92 Å². The molecule has 1 saturated heterocycles. The average Bonchev–Trinajstić information content (AvgIpc) is 2.06. The quantitative estimate of drug-likeness (QED) is 0.560. The Balaban J connectivity index is 2.99. The molecule has 0 unspecified atom stereocenters. The Kier molecular flexibility index (Phi) is 5.25. The zero-order valence-corrected chi connectivity index (χ0v) is 17.7. The van der Waals surface area contributed by atoms with Crippen LogP contribution in [0.25, 0.3) is 0 Å². The van der Waals surface area contributed by atoms with E-state index in [1.165, 1.54) is 6.92 Å². The van der Waals surface area contributed by atoms with Crippen LogP contribution in [-0.4, -0.2) is 46.4 Å². The molecule has 0 aromatic rings. The molecule has 0 aliphatic carbocycles. The van der Waals surface area contributed by atoms with Crippen LogP contribution in [0, 0.1) is 0 Å². The molecule has 0 aromatic carbocycles. The summed E-state index contributed by atoms with van der Waals surface area (Å²) < 4.78 is 30.0. The fourth-order valence-electron chi connectivity index (χ4n) is 2.60. The Labute approximate surface area is 125 Å². The van der Waals surface area contributed by atoms with Crippen molar-refractivity contribution in [2.75, 3.05) is 6.23 Å². The summed E-state index contributed by atoms with van der Waals surface area (Å²) in [5.41, 5.74) is 0. The van der Waals surface area contributed by atoms with Crippen molar-refractivity contribution in [2.45, 2.75) is 52.8 Å². The van der Waals surface area contributed by atoms with Crippen molar-refractivity contribution >= 4 is 40.2 Å². The van der Waals surface area contributed by atoms with Gasteiger partial charge in [-0.25, -0.2) is 0 Å². The molecule has 10 heteroatoms. The number of hydrogen-bond acceptors (Lipinski definition) is 6. The van der Waals surface area contributed by atoms with E-state index in [-0.39, 0.29) is 12.2 Å². The van der Waals surface area contributed by atoms with Gasteiger partial charge in [0.2, 0.25) is 0 Å². The number of ether oxygens (including phenoxy) is 1. The first-order valence-corrected chi connectivity index (χ1v) is 17.7. The predicted octanol–water partition coefficient (Wildman–Crippen LogP) is 2.35. The van der Waals surface area contributed by atoms with E-state index in [1.54, 1.807) is 0 Å². The summed E-state index contributed by atoms with van der Waals surface area (Å²) in [7, 11) is -9.67. The van der Waals surface area contributed by atoms with E-state index in [0.29, 0.717) is 0 Å². The van der Waals surface area contributed by atoms with Gasteiger partial charge in [-0.3, -0.25) is 4.79 Å². The lowest BCUT2D eigenvalue weighted by atomic mass is 10.8. The number of carbonyl (C=O) groups excluding carboxylic acids is 1. The molecule has 1 aliphatic rings. The van der Waals surface area contributed by atoms with Crippen LogP contribution < -0.4 is 0 Å². The van der Waals surface area contributed by atoms with Crippen LogP contribution in [0.1, 0.15) is 6.92 Å². The van der Waals surface area contributed by atoms with Gasteiger partial charge >= 0.3 is 40.2 Å². The summed E-state index contributed by atoms with van der Waals surface area (Å²) in [6.07, 6.45) is 0.171. The van der Waals surface area contributed by atoms with E-state index in [9.17, 15) is 4.79 Å². The van der Waals surface area contributed by atoms with Gasteiger partial charge in [-0.05, 0) is 45.8 Å². The van der Waals surface area contributed by atoms with Crippen LogP contribution in [0.15, 0.2) is 0 Å². The lowest BCUT2D eigenvalue weighted by molar-refractivity contribution is -0.139. The molecule has 1 fully saturated rings. The Morgan fingerprint density at radius 2 is 1.15 bits per heavy atom. The van der Waals surface area contributed by atoms with Gasteiger partial charge in [-0.1, -0.05) is 0 Å². The van der Waals surface area contributed by atoms with Crippen LogP contribution in [0.2, 0.25) is 45.8 Å². The van der Waals surface area contributed by atoms with Crippen molar-refractivity contribution in [3.8, 4) is 0 Å². The molecule has 0 amide bonds. The minimum atomic E-state index is -2.66. The summed E-state index contributed by atoms with van der Waals surface area (Å²) in [4.78, 5) is 11.1. The van der Waals surface area contributed by atoms with E-state index in [1.807, 2.05) is 45.8 Å². The molecule has 6 nitrogen and oxygen atoms in total. The summed E-state index contributed by atoms with van der Waals surface area (Å²) in [5.74, 6) is -0.330. The molecule has 0 N–H and O–H groups in total. The van der Waals surface area contributed by atoms with Crippen molar-refractivity contribution in [1.82, 2.24) is 0 Å². The van der Waals surface area contributed by atoms with Crippen molar-refractivity contribution in [3.63, 3.8) is 0 Å². The van der Waals surface area contributed by atoms with Gasteiger partial charge in [0.25, 0.3) is 0 Å². The maximum absolute atomic E-state index is 11.1. The van der Waals surface area contributed by atoms with Crippen LogP contribution in [0.5, 0.6) is 0 Å². The highest BCUT2D eigenvalue weighted by Gasteiger charge is 2.53. The molecule has 0 aromatic heterocycles. The third kappa shape index (κ3) is 5.89. The third-order valence-electron chi connectivity index (χ3n) is 2.44. The van der Waals surface area contributed by atoms with Crippen molar-refractivity contribution in [3.05, 3.63) is 0 Å². The lowest BCUT2D eigenvalue weighted by Gasteiger charge is -2.47. The highest BCUT2D eigenvalue weighted by Crippen LogP contribution is 2.30. The van der Waals surface area contributed by atoms with Gasteiger partial charge in [-0.2, -0.15) is 0 Å². The minimum absolute atomic E-state index is 0.171. The second-order valence-corrected chi connectivity index (χ2v) is 20.7. The van der Waals surface area contributed by atoms with Gasteiger partial charge in [0.05, 0.1) is 0 Å². The second-order valence-electron chi connectivity index (χ2n) is 6.52. The summed E-state index contributed by atoms with van der Waals surface area (Å²) in [6.45, 7) is 15.2. The normalized spacial score (nSPS) is 27.2. The van der Waals surface area contributed by atoms with Gasteiger partial charge in [0.15, 0.2) is 0 Å². The van der Waals surface area contributed by atoms with E-state index < -0.39 is 34.2 Å². The predicted molar refractivity (Wildman–Crippen MR) is 85.0 cm³/mol. The number of rotatable bonds is 2. The van der Waals surface area contributed by atoms with Gasteiger partial charge < -0.3 is 21.2 Å². The van der Waals surface area contributed by atoms with E-state index >= 15 is 0 Å². The molecule has 0 spiro atoms. The van der Waals surface area contributed by atoms with Crippen molar-refractivity contribution in [1.29, 1.82) is 0 Å². The molecule has 0 atom stereocenters. The average molecular weight is 355 g/mol. The van der Waals surface area contributed by atoms with Crippen LogP contribution >= 0.6 is 0 Å². The van der Waals surface area contributed by atoms with Crippen LogP contribution in [0.3, 0.4) is 0 Å². The maximum Gasteiger partial charge on any atom is 0.356 e. The first kappa shape index (κ1) is 18.2. The second kappa shape index (κ2) is 5.76. The number of carbonyl (C=O) groups is 1. The zero-order valence-electron chi connectivity index (χ0n) is 13.7. The Morgan fingerprint density at radius 1 is 0.800 bits per heavy atom. The van der Waals surface area contributed by atoms with Crippen molar-refractivity contribution < 1.29 is 26.0 Å². The molecule has 1 heterocycles. The smallest absolute Gasteiger partial charge is 0.356 e. The SMILES string of the molecule is CC(=O)OC[Si]1(C)O[Si](C)(C)O[Si](C)(C)O[Si](C)(C)O1. The van der Waals surface area contributed by atoms with Gasteiger partial charge in [-0.15, -0.1) is 0 Å². The molecular formula is C10H26O6Si4. The Hall–Kier alpha value is 0.178. The lowest BCUT2D eigenvalue weighted by Crippen LogP contribution is -2.66. The Morgan fingerprint density at radius 3 is 1.50 bits per heavy atom. The van der Waals surface area contributed by atoms with E-state index in [2.05, 4.69) is 0 Å². The largest absolute Gasteiger partial charge is 0.464 e. The molecule has 0 saturated carbocycles. The molecule has 0 radical (unpaired) electrons. The standard InChI is InChI=1S/C10H26O6Si4/c1-10(11)12-9-20(8)15-18(4,5)13-17(2,3)14-19(6,7)16-20/h9H2,1-8H3. The van der Waals surface area contributed by atoms with E-state index in [4.69, 9.17) is 21.2 Å². The monoisotopic (exact) mass is 354 g/mol. The number of esters is 1. The first-order chi connectivity index (χ1) is 8.74. The molecular weight excluding hydrogens is 328 g/mol. The molecule has 0 bridgehead atoms. The summed E-state index contributed by atoms with van der Waals surface area (Å²) in [6, 6.07) is 0. The highest BCUT2D eigenvalue weighted by atomic mass is 28.5. The summed E-state index contributed by atoms with van der Waals surface area (Å²) in [5, 5.41) is 0. The number of hydrogen-bond donors (Lipinski definition) is 0. The summed E-state index contributed by atoms with van der Waals surface area (Å²) >= 11 is 0. The molecule has 118 valence electrons.